The van der Waals surface area contributed by atoms with Crippen molar-refractivity contribution in [2.75, 3.05) is 12.4 Å². The highest BCUT2D eigenvalue weighted by Gasteiger charge is 2.27. The molecule has 0 N–H and O–H groups in total. The van der Waals surface area contributed by atoms with Crippen molar-refractivity contribution in [1.82, 2.24) is 0 Å². The van der Waals surface area contributed by atoms with E-state index in [1.165, 1.54) is 30.6 Å². The van der Waals surface area contributed by atoms with Crippen LogP contribution in [0.25, 0.3) is 0 Å². The summed E-state index contributed by atoms with van der Waals surface area (Å²) < 4.78 is 5.30. The van der Waals surface area contributed by atoms with Gasteiger partial charge < -0.3 is 4.74 Å². The van der Waals surface area contributed by atoms with Crippen molar-refractivity contribution in [2.45, 2.75) is 56.8 Å². The molecular formula is C18H26O2S. The summed E-state index contributed by atoms with van der Waals surface area (Å²) in [6.45, 7) is 4.50. The van der Waals surface area contributed by atoms with Gasteiger partial charge in [0.05, 0.1) is 12.5 Å². The maximum absolute atomic E-state index is 12.3. The minimum Gasteiger partial charge on any atom is -0.466 e. The van der Waals surface area contributed by atoms with E-state index in [1.807, 2.05) is 18.7 Å². The molecule has 1 saturated carbocycles. The zero-order chi connectivity index (χ0) is 15.1. The number of benzene rings is 1. The van der Waals surface area contributed by atoms with E-state index < -0.39 is 0 Å². The third kappa shape index (κ3) is 4.77. The number of ether oxygens (including phenoxy) is 1. The summed E-state index contributed by atoms with van der Waals surface area (Å²) in [6.07, 6.45) is 6.09. The normalized spacial score (nSPS) is 16.9. The third-order valence-corrected chi connectivity index (χ3v) is 5.10. The van der Waals surface area contributed by atoms with Crippen LogP contribution in [0.1, 0.15) is 57.4 Å². The van der Waals surface area contributed by atoms with E-state index in [2.05, 4.69) is 31.2 Å². The van der Waals surface area contributed by atoms with Gasteiger partial charge in [0.15, 0.2) is 0 Å². The Morgan fingerprint density at radius 3 is 2.48 bits per heavy atom. The molecule has 1 unspecified atom stereocenters. The zero-order valence-electron chi connectivity index (χ0n) is 13.1. The highest BCUT2D eigenvalue weighted by atomic mass is 32.2. The Kier molecular flexibility index (Phi) is 6.62. The molecule has 3 heteroatoms. The van der Waals surface area contributed by atoms with Crippen molar-refractivity contribution < 1.29 is 9.53 Å². The van der Waals surface area contributed by atoms with Crippen molar-refractivity contribution >= 4 is 17.7 Å². The lowest BCUT2D eigenvalue weighted by Gasteiger charge is -2.19. The maximum Gasteiger partial charge on any atom is 0.313 e. The average molecular weight is 306 g/mol. The average Bonchev–Trinajstić information content (AvgIpc) is 2.99. The van der Waals surface area contributed by atoms with Crippen LogP contribution >= 0.6 is 11.8 Å². The summed E-state index contributed by atoms with van der Waals surface area (Å²) in [6, 6.07) is 8.47. The highest BCUT2D eigenvalue weighted by molar-refractivity contribution is 7.99. The molecule has 0 radical (unpaired) electrons. The Labute approximate surface area is 132 Å². The van der Waals surface area contributed by atoms with Gasteiger partial charge in [0.25, 0.3) is 0 Å². The first-order valence-corrected chi connectivity index (χ1v) is 9.12. The van der Waals surface area contributed by atoms with E-state index in [0.717, 1.165) is 17.7 Å². The van der Waals surface area contributed by atoms with Gasteiger partial charge in [-0.3, -0.25) is 4.79 Å². The van der Waals surface area contributed by atoms with Crippen molar-refractivity contribution in [3.8, 4) is 0 Å². The first-order chi connectivity index (χ1) is 10.2. The first-order valence-electron chi connectivity index (χ1n) is 8.14. The fraction of sp³-hybridized carbons (Fsp3) is 0.611. The molecule has 1 aromatic carbocycles. The zero-order valence-corrected chi connectivity index (χ0v) is 14.0. The lowest BCUT2D eigenvalue weighted by atomic mass is 9.88. The van der Waals surface area contributed by atoms with Crippen LogP contribution in [0.15, 0.2) is 29.2 Å². The number of hydrogen-bond acceptors (Lipinski definition) is 3. The van der Waals surface area contributed by atoms with Gasteiger partial charge in [0.1, 0.15) is 0 Å². The predicted molar refractivity (Wildman–Crippen MR) is 88.8 cm³/mol. The van der Waals surface area contributed by atoms with Gasteiger partial charge >= 0.3 is 5.97 Å². The summed E-state index contributed by atoms with van der Waals surface area (Å²) in [4.78, 5) is 13.6. The molecule has 1 aliphatic rings. The van der Waals surface area contributed by atoms with Gasteiger partial charge in [-0.25, -0.2) is 0 Å². The summed E-state index contributed by atoms with van der Waals surface area (Å²) >= 11 is 1.83. The number of rotatable bonds is 7. The topological polar surface area (TPSA) is 26.3 Å². The SMILES string of the molecule is CCOC(=O)C(CC1CCCC1)c1ccc(SCC)cc1. The maximum atomic E-state index is 12.3. The second kappa shape index (κ2) is 8.47. The first kappa shape index (κ1) is 16.4. The molecule has 0 saturated heterocycles. The van der Waals surface area contributed by atoms with Crippen LogP contribution in [0.2, 0.25) is 0 Å². The van der Waals surface area contributed by atoms with Gasteiger partial charge in [0.2, 0.25) is 0 Å². The monoisotopic (exact) mass is 306 g/mol. The molecule has 0 spiro atoms. The van der Waals surface area contributed by atoms with E-state index in [4.69, 9.17) is 4.74 Å². The van der Waals surface area contributed by atoms with E-state index in [-0.39, 0.29) is 11.9 Å². The predicted octanol–water partition coefficient (Wildman–Crippen LogP) is 5.03. The number of thioether (sulfide) groups is 1. The molecule has 21 heavy (non-hydrogen) atoms. The molecule has 0 heterocycles. The Bertz CT molecular complexity index is 435. The highest BCUT2D eigenvalue weighted by Crippen LogP contribution is 2.35. The largest absolute Gasteiger partial charge is 0.466 e. The molecule has 0 bridgehead atoms. The van der Waals surface area contributed by atoms with E-state index in [1.54, 1.807) is 0 Å². The van der Waals surface area contributed by atoms with Gasteiger partial charge in [-0.15, -0.1) is 11.8 Å². The van der Waals surface area contributed by atoms with E-state index >= 15 is 0 Å². The van der Waals surface area contributed by atoms with E-state index in [0.29, 0.717) is 12.5 Å². The molecule has 0 aromatic heterocycles. The number of carbonyl (C=O) groups excluding carboxylic acids is 1. The smallest absolute Gasteiger partial charge is 0.313 e. The van der Waals surface area contributed by atoms with Gasteiger partial charge in [0, 0.05) is 4.90 Å². The molecule has 0 amide bonds. The van der Waals surface area contributed by atoms with E-state index in [9.17, 15) is 4.79 Å². The minimum absolute atomic E-state index is 0.0553. The van der Waals surface area contributed by atoms with Crippen LogP contribution in [-0.4, -0.2) is 18.3 Å². The van der Waals surface area contributed by atoms with Gasteiger partial charge in [-0.05, 0) is 42.7 Å². The van der Waals surface area contributed by atoms with Crippen LogP contribution in [-0.2, 0) is 9.53 Å². The van der Waals surface area contributed by atoms with Crippen molar-refractivity contribution in [2.24, 2.45) is 5.92 Å². The standard InChI is InChI=1S/C18H26O2S/c1-3-20-18(19)17(13-14-7-5-6-8-14)15-9-11-16(12-10-15)21-4-2/h9-12,14,17H,3-8,13H2,1-2H3. The van der Waals surface area contributed by atoms with Crippen LogP contribution in [0, 0.1) is 5.92 Å². The number of esters is 1. The fourth-order valence-electron chi connectivity index (χ4n) is 3.15. The molecule has 2 nitrogen and oxygen atoms in total. The Morgan fingerprint density at radius 2 is 1.90 bits per heavy atom. The summed E-state index contributed by atoms with van der Waals surface area (Å²) in [5.74, 6) is 1.61. The van der Waals surface area contributed by atoms with Crippen molar-refractivity contribution in [3.63, 3.8) is 0 Å². The van der Waals surface area contributed by atoms with Crippen molar-refractivity contribution in [1.29, 1.82) is 0 Å². The second-order valence-electron chi connectivity index (χ2n) is 5.69. The van der Waals surface area contributed by atoms with Crippen LogP contribution in [0.3, 0.4) is 0 Å². The summed E-state index contributed by atoms with van der Waals surface area (Å²) in [7, 11) is 0. The molecule has 116 valence electrons. The molecule has 0 aliphatic heterocycles. The lowest BCUT2D eigenvalue weighted by Crippen LogP contribution is -2.18. The van der Waals surface area contributed by atoms with Crippen LogP contribution < -0.4 is 0 Å². The Morgan fingerprint density at radius 1 is 1.24 bits per heavy atom. The van der Waals surface area contributed by atoms with Gasteiger partial charge in [-0.2, -0.15) is 0 Å². The summed E-state index contributed by atoms with van der Waals surface area (Å²) in [5.41, 5.74) is 1.11. The second-order valence-corrected chi connectivity index (χ2v) is 7.03. The molecule has 1 fully saturated rings. The number of hydrogen-bond donors (Lipinski definition) is 0. The fourth-order valence-corrected chi connectivity index (χ4v) is 3.82. The Balaban J connectivity index is 2.10. The van der Waals surface area contributed by atoms with Crippen LogP contribution in [0.5, 0.6) is 0 Å². The van der Waals surface area contributed by atoms with Crippen molar-refractivity contribution in [3.05, 3.63) is 29.8 Å². The molecular weight excluding hydrogens is 280 g/mol. The third-order valence-electron chi connectivity index (χ3n) is 4.21. The molecule has 2 rings (SSSR count). The number of carbonyl (C=O) groups is 1. The molecule has 1 aromatic rings. The molecule has 1 atom stereocenters. The quantitative estimate of drug-likeness (QED) is 0.522. The molecule has 1 aliphatic carbocycles. The van der Waals surface area contributed by atoms with Crippen LogP contribution in [0.4, 0.5) is 0 Å². The summed E-state index contributed by atoms with van der Waals surface area (Å²) in [5, 5.41) is 0. The Hall–Kier alpha value is -0.960. The lowest BCUT2D eigenvalue weighted by molar-refractivity contribution is -0.145. The van der Waals surface area contributed by atoms with Gasteiger partial charge in [-0.1, -0.05) is 44.7 Å². The minimum atomic E-state index is -0.0891.